The van der Waals surface area contributed by atoms with Gasteiger partial charge in [0.25, 0.3) is 0 Å². The van der Waals surface area contributed by atoms with Crippen molar-refractivity contribution in [3.8, 4) is 11.5 Å². The van der Waals surface area contributed by atoms with E-state index in [1.807, 2.05) is 0 Å². The van der Waals surface area contributed by atoms with E-state index in [4.69, 9.17) is 10.2 Å². The van der Waals surface area contributed by atoms with Crippen molar-refractivity contribution in [3.63, 3.8) is 0 Å². The number of phenols is 2. The molecule has 0 spiro atoms. The number of rotatable bonds is 1. The molecule has 1 aromatic rings. The SMILES string of the molecule is Oc1cccc(SBr)c1O. The van der Waals surface area contributed by atoms with Gasteiger partial charge in [0, 0.05) is 0 Å². The van der Waals surface area contributed by atoms with Crippen molar-refractivity contribution >= 4 is 25.0 Å². The zero-order valence-electron chi connectivity index (χ0n) is 4.91. The maximum atomic E-state index is 9.10. The van der Waals surface area contributed by atoms with Crippen molar-refractivity contribution in [1.29, 1.82) is 0 Å². The Morgan fingerprint density at radius 3 is 2.50 bits per heavy atom. The van der Waals surface area contributed by atoms with E-state index in [-0.39, 0.29) is 11.5 Å². The van der Waals surface area contributed by atoms with Crippen LogP contribution >= 0.6 is 25.0 Å². The third-order valence-electron chi connectivity index (χ3n) is 1.06. The topological polar surface area (TPSA) is 40.5 Å². The van der Waals surface area contributed by atoms with Crippen LogP contribution in [0.2, 0.25) is 0 Å². The molecule has 10 heavy (non-hydrogen) atoms. The Balaban J connectivity index is 3.14. The molecule has 2 nitrogen and oxygen atoms in total. The second-order valence-corrected chi connectivity index (χ2v) is 3.27. The molecule has 0 heterocycles. The molecular weight excluding hydrogens is 216 g/mol. The fourth-order valence-corrected chi connectivity index (χ4v) is 1.66. The van der Waals surface area contributed by atoms with Crippen LogP contribution in [-0.4, -0.2) is 10.2 Å². The third-order valence-corrected chi connectivity index (χ3v) is 2.60. The summed E-state index contributed by atoms with van der Waals surface area (Å²) in [5, 5.41) is 18.0. The lowest BCUT2D eigenvalue weighted by atomic mass is 10.3. The Kier molecular flexibility index (Phi) is 2.45. The quantitative estimate of drug-likeness (QED) is 0.715. The van der Waals surface area contributed by atoms with Crippen molar-refractivity contribution in [1.82, 2.24) is 0 Å². The van der Waals surface area contributed by atoms with Gasteiger partial charge < -0.3 is 10.2 Å². The van der Waals surface area contributed by atoms with Crippen LogP contribution in [0.1, 0.15) is 0 Å². The summed E-state index contributed by atoms with van der Waals surface area (Å²) < 4.78 is 0. The summed E-state index contributed by atoms with van der Waals surface area (Å²) in [5.41, 5.74) is 0. The van der Waals surface area contributed by atoms with Crippen molar-refractivity contribution in [3.05, 3.63) is 18.2 Å². The largest absolute Gasteiger partial charge is 0.504 e. The van der Waals surface area contributed by atoms with Crippen LogP contribution in [0.5, 0.6) is 11.5 Å². The second-order valence-electron chi connectivity index (χ2n) is 1.70. The van der Waals surface area contributed by atoms with Gasteiger partial charge in [-0.1, -0.05) is 6.07 Å². The average molecular weight is 221 g/mol. The van der Waals surface area contributed by atoms with Gasteiger partial charge >= 0.3 is 0 Å². The fourth-order valence-electron chi connectivity index (χ4n) is 0.573. The maximum Gasteiger partial charge on any atom is 0.172 e. The van der Waals surface area contributed by atoms with Crippen molar-refractivity contribution < 1.29 is 10.2 Å². The molecule has 0 atom stereocenters. The highest BCUT2D eigenvalue weighted by molar-refractivity contribution is 9.50. The number of phenolic OH excluding ortho intramolecular Hbond substituents is 2. The molecule has 0 saturated carbocycles. The molecule has 0 aliphatic rings. The smallest absolute Gasteiger partial charge is 0.172 e. The van der Waals surface area contributed by atoms with E-state index >= 15 is 0 Å². The highest BCUT2D eigenvalue weighted by Crippen LogP contribution is 2.37. The van der Waals surface area contributed by atoms with Crippen molar-refractivity contribution in [2.75, 3.05) is 0 Å². The predicted molar refractivity (Wildman–Crippen MR) is 44.6 cm³/mol. The number of hydrogen-bond donors (Lipinski definition) is 2. The number of aromatic hydroxyl groups is 2. The Hall–Kier alpha value is -0.350. The van der Waals surface area contributed by atoms with Gasteiger partial charge in [-0.3, -0.25) is 0 Å². The van der Waals surface area contributed by atoms with E-state index in [2.05, 4.69) is 14.8 Å². The van der Waals surface area contributed by atoms with Crippen molar-refractivity contribution in [2.45, 2.75) is 4.90 Å². The summed E-state index contributed by atoms with van der Waals surface area (Å²) in [5.74, 6) is -0.172. The highest BCUT2D eigenvalue weighted by atomic mass is 79.9. The molecule has 0 amide bonds. The first kappa shape index (κ1) is 7.75. The van der Waals surface area contributed by atoms with Crippen LogP contribution in [0.25, 0.3) is 0 Å². The summed E-state index contributed by atoms with van der Waals surface area (Å²) in [6, 6.07) is 4.80. The molecule has 0 saturated heterocycles. The number of hydrogen-bond acceptors (Lipinski definition) is 3. The molecule has 54 valence electrons. The highest BCUT2D eigenvalue weighted by Gasteiger charge is 2.03. The van der Waals surface area contributed by atoms with Crippen LogP contribution in [0.3, 0.4) is 0 Å². The van der Waals surface area contributed by atoms with Gasteiger partial charge in [-0.2, -0.15) is 0 Å². The van der Waals surface area contributed by atoms with Gasteiger partial charge in [-0.15, -0.1) is 0 Å². The van der Waals surface area contributed by atoms with Gasteiger partial charge in [-0.25, -0.2) is 0 Å². The van der Waals surface area contributed by atoms with Crippen molar-refractivity contribution in [2.24, 2.45) is 0 Å². The second kappa shape index (κ2) is 3.16. The molecule has 1 rings (SSSR count). The first-order valence-electron chi connectivity index (χ1n) is 2.55. The summed E-state index contributed by atoms with van der Waals surface area (Å²) in [7, 11) is 1.21. The minimum Gasteiger partial charge on any atom is -0.504 e. The summed E-state index contributed by atoms with van der Waals surface area (Å²) in [6.07, 6.45) is 0. The Bertz CT molecular complexity index is 239. The molecule has 0 aliphatic carbocycles. The number of para-hydroxylation sites is 1. The minimum absolute atomic E-state index is 0.0793. The Morgan fingerprint density at radius 1 is 1.30 bits per heavy atom. The maximum absolute atomic E-state index is 9.10. The Labute approximate surface area is 70.1 Å². The zero-order valence-corrected chi connectivity index (χ0v) is 7.32. The lowest BCUT2D eigenvalue weighted by Gasteiger charge is -1.99. The fraction of sp³-hybridized carbons (Fsp3) is 0. The first-order valence-corrected chi connectivity index (χ1v) is 5.21. The minimum atomic E-state index is -0.0931. The summed E-state index contributed by atoms with van der Waals surface area (Å²) in [4.78, 5) is 0.611. The average Bonchev–Trinajstić information content (AvgIpc) is 1.95. The van der Waals surface area contributed by atoms with E-state index < -0.39 is 0 Å². The van der Waals surface area contributed by atoms with E-state index in [0.717, 1.165) is 0 Å². The van der Waals surface area contributed by atoms with E-state index in [1.54, 1.807) is 12.1 Å². The van der Waals surface area contributed by atoms with Crippen LogP contribution in [0, 0.1) is 0 Å². The molecule has 0 radical (unpaired) electrons. The van der Waals surface area contributed by atoms with Gasteiger partial charge in [0.2, 0.25) is 0 Å². The van der Waals surface area contributed by atoms with E-state index in [0.29, 0.717) is 4.90 Å². The number of benzene rings is 1. The molecule has 0 aliphatic heterocycles. The molecule has 0 aromatic heterocycles. The predicted octanol–water partition coefficient (Wildman–Crippen LogP) is 2.50. The molecular formula is C6H5BrO2S. The monoisotopic (exact) mass is 220 g/mol. The van der Waals surface area contributed by atoms with E-state index in [1.165, 1.54) is 16.3 Å². The van der Waals surface area contributed by atoms with Gasteiger partial charge in [0.1, 0.15) is 0 Å². The normalized spacial score (nSPS) is 9.70. The Morgan fingerprint density at radius 2 is 2.00 bits per heavy atom. The summed E-state index contributed by atoms with van der Waals surface area (Å²) >= 11 is 3.09. The van der Waals surface area contributed by atoms with Crippen LogP contribution in [-0.2, 0) is 0 Å². The standard InChI is InChI=1S/C6H5BrO2S/c7-10-5-3-1-2-4(8)6(5)9/h1-3,8-9H. The zero-order chi connectivity index (χ0) is 7.56. The molecule has 0 bridgehead atoms. The van der Waals surface area contributed by atoms with Crippen LogP contribution < -0.4 is 0 Å². The van der Waals surface area contributed by atoms with Gasteiger partial charge in [0.15, 0.2) is 11.5 Å². The molecule has 0 fully saturated rings. The van der Waals surface area contributed by atoms with Gasteiger partial charge in [0.05, 0.1) is 4.90 Å². The van der Waals surface area contributed by atoms with Crippen LogP contribution in [0.15, 0.2) is 23.1 Å². The third kappa shape index (κ3) is 1.38. The van der Waals surface area contributed by atoms with Crippen LogP contribution in [0.4, 0.5) is 0 Å². The lowest BCUT2D eigenvalue weighted by molar-refractivity contribution is 0.395. The molecule has 2 N–H and O–H groups in total. The molecule has 1 aromatic carbocycles. The molecule has 4 heteroatoms. The number of halogens is 1. The van der Waals surface area contributed by atoms with E-state index in [9.17, 15) is 0 Å². The lowest BCUT2D eigenvalue weighted by Crippen LogP contribution is -1.70. The summed E-state index contributed by atoms with van der Waals surface area (Å²) in [6.45, 7) is 0. The first-order chi connectivity index (χ1) is 4.75. The van der Waals surface area contributed by atoms with Gasteiger partial charge in [-0.05, 0) is 37.1 Å². The molecule has 0 unspecified atom stereocenters.